The molecule has 0 saturated heterocycles. The maximum atomic E-state index is 14.1. The molecule has 0 fully saturated rings. The highest BCUT2D eigenvalue weighted by Crippen LogP contribution is 2.36. The van der Waals surface area contributed by atoms with Crippen LogP contribution in [0.25, 0.3) is 0 Å². The van der Waals surface area contributed by atoms with Crippen molar-refractivity contribution in [2.24, 2.45) is 11.5 Å². The Morgan fingerprint density at radius 3 is 2.39 bits per heavy atom. The van der Waals surface area contributed by atoms with E-state index < -0.39 is 47.2 Å². The molecule has 0 radical (unpaired) electrons. The highest BCUT2D eigenvalue weighted by atomic mass is 19.4. The molecule has 214 valence electrons. The molecule has 41 heavy (non-hydrogen) atoms. The maximum absolute atomic E-state index is 14.1. The predicted molar refractivity (Wildman–Crippen MR) is 138 cm³/mol. The van der Waals surface area contributed by atoms with Crippen molar-refractivity contribution in [3.8, 4) is 5.75 Å². The van der Waals surface area contributed by atoms with Gasteiger partial charge in [0, 0.05) is 17.8 Å². The van der Waals surface area contributed by atoms with Crippen LogP contribution in [0.4, 0.5) is 26.7 Å². The molecule has 1 aliphatic heterocycles. The summed E-state index contributed by atoms with van der Waals surface area (Å²) in [7, 11) is 0. The number of carbonyl (C=O) groups excluding carboxylic acids is 2. The first-order chi connectivity index (χ1) is 19.4. The van der Waals surface area contributed by atoms with Gasteiger partial charge in [0.05, 0.1) is 18.4 Å². The molecule has 4 N–H and O–H groups in total. The minimum atomic E-state index is -4.85. The molecule has 2 aromatic rings. The first kappa shape index (κ1) is 29.2. The van der Waals surface area contributed by atoms with E-state index in [0.29, 0.717) is 12.0 Å². The number of nitrogens with two attached hydrogens (primary N) is 2. The van der Waals surface area contributed by atoms with Gasteiger partial charge in [-0.2, -0.15) is 13.2 Å². The lowest BCUT2D eigenvalue weighted by molar-refractivity contribution is -0.137. The molecule has 0 spiro atoms. The molecule has 0 saturated carbocycles. The van der Waals surface area contributed by atoms with Crippen LogP contribution in [-0.4, -0.2) is 34.9 Å². The standard InChI is InChI=1S/C29H25F5N4O3/c1-17(35)38(26(18-5-3-2-4-6-18)19-7-10-21(30)11-8-19)27(39)22-13-14-37(16-24(22)36)28(40)41-25-12-9-20(15-23(25)31)29(32,33)34/h2-3,5,7-8,10-11,15,26H,1,4,6,13-14,16,35-36H2. The zero-order valence-electron chi connectivity index (χ0n) is 21.6. The zero-order valence-corrected chi connectivity index (χ0v) is 21.6. The number of rotatable bonds is 6. The second kappa shape index (κ2) is 11.8. The van der Waals surface area contributed by atoms with Gasteiger partial charge >= 0.3 is 12.3 Å². The number of hydrogen-bond acceptors (Lipinski definition) is 5. The summed E-state index contributed by atoms with van der Waals surface area (Å²) in [5, 5.41) is 0. The lowest BCUT2D eigenvalue weighted by Gasteiger charge is -2.36. The molecule has 1 unspecified atom stereocenters. The highest BCUT2D eigenvalue weighted by molar-refractivity contribution is 5.96. The lowest BCUT2D eigenvalue weighted by Crippen LogP contribution is -2.45. The number of halogens is 5. The summed E-state index contributed by atoms with van der Waals surface area (Å²) in [4.78, 5) is 28.8. The average Bonchev–Trinajstić information content (AvgIpc) is 2.92. The van der Waals surface area contributed by atoms with Gasteiger partial charge < -0.3 is 21.1 Å². The fourth-order valence-corrected chi connectivity index (χ4v) is 4.56. The van der Waals surface area contributed by atoms with Crippen molar-refractivity contribution in [2.75, 3.05) is 13.1 Å². The Morgan fingerprint density at radius 2 is 1.83 bits per heavy atom. The van der Waals surface area contributed by atoms with E-state index in [4.69, 9.17) is 16.2 Å². The molecule has 12 heteroatoms. The van der Waals surface area contributed by atoms with Crippen molar-refractivity contribution in [1.82, 2.24) is 9.80 Å². The van der Waals surface area contributed by atoms with Crippen LogP contribution in [0, 0.1) is 23.8 Å². The van der Waals surface area contributed by atoms with E-state index in [9.17, 15) is 31.5 Å². The third kappa shape index (κ3) is 6.51. The molecule has 7 nitrogen and oxygen atoms in total. The number of carbonyl (C=O) groups is 2. The monoisotopic (exact) mass is 572 g/mol. The Kier molecular flexibility index (Phi) is 8.37. The van der Waals surface area contributed by atoms with Crippen LogP contribution in [0.5, 0.6) is 5.75 Å². The number of nitrogens with zero attached hydrogens (tertiary/aromatic N) is 2. The Bertz CT molecular complexity index is 1450. The van der Waals surface area contributed by atoms with E-state index >= 15 is 0 Å². The van der Waals surface area contributed by atoms with Gasteiger partial charge in [0.1, 0.15) is 11.4 Å². The maximum Gasteiger partial charge on any atom is 0.424 e. The van der Waals surface area contributed by atoms with Crippen molar-refractivity contribution in [1.29, 1.82) is 0 Å². The van der Waals surface area contributed by atoms with E-state index in [2.05, 4.69) is 6.58 Å². The molecule has 1 heterocycles. The van der Waals surface area contributed by atoms with Gasteiger partial charge in [-0.1, -0.05) is 43.0 Å². The summed E-state index contributed by atoms with van der Waals surface area (Å²) in [6.07, 6.45) is 1.01. The van der Waals surface area contributed by atoms with Crippen molar-refractivity contribution < 1.29 is 36.3 Å². The van der Waals surface area contributed by atoms with Gasteiger partial charge in [-0.25, -0.2) is 13.6 Å². The number of amides is 2. The number of ether oxygens (including phenoxy) is 1. The lowest BCUT2D eigenvalue weighted by atomic mass is 9.90. The van der Waals surface area contributed by atoms with Crippen LogP contribution in [0.1, 0.15) is 36.4 Å². The number of alkyl halides is 3. The fraction of sp³-hybridized carbons (Fsp3) is 0.241. The molecular weight excluding hydrogens is 547 g/mol. The summed E-state index contributed by atoms with van der Waals surface area (Å²) in [6, 6.07) is 8.66. The summed E-state index contributed by atoms with van der Waals surface area (Å²) < 4.78 is 71.0. The first-order valence-corrected chi connectivity index (χ1v) is 12.4. The summed E-state index contributed by atoms with van der Waals surface area (Å²) in [6.45, 7) is 3.41. The predicted octanol–water partition coefficient (Wildman–Crippen LogP) is 5.28. The topological polar surface area (TPSA) is 102 Å². The number of benzene rings is 1. The molecule has 1 aliphatic carbocycles. The Morgan fingerprint density at radius 1 is 1.12 bits per heavy atom. The van der Waals surface area contributed by atoms with E-state index in [1.54, 1.807) is 18.2 Å². The average molecular weight is 573 g/mol. The Hall–Kier alpha value is -4.79. The summed E-state index contributed by atoms with van der Waals surface area (Å²) in [5.74, 6) is -3.41. The van der Waals surface area contributed by atoms with E-state index in [-0.39, 0.29) is 42.7 Å². The second-order valence-electron chi connectivity index (χ2n) is 9.36. The molecule has 2 aliphatic rings. The normalized spacial score (nSPS) is 16.0. The highest BCUT2D eigenvalue weighted by Gasteiger charge is 2.36. The SMILES string of the molecule is C=C(N)N(C(=O)C1=C(N)CN(C(=O)Oc2c#cc(C(F)(F)F)cc2F)CC1)C(C1=CC=CCC1)c1ccc(F)cc1. The second-order valence-corrected chi connectivity index (χ2v) is 9.36. The molecular formula is C29H25F5N4O3. The zero-order chi connectivity index (χ0) is 29.9. The van der Waals surface area contributed by atoms with Gasteiger partial charge in [-0.15, -0.1) is 0 Å². The van der Waals surface area contributed by atoms with E-state index in [1.165, 1.54) is 17.0 Å². The molecule has 0 bridgehead atoms. The third-order valence-corrected chi connectivity index (χ3v) is 6.56. The summed E-state index contributed by atoms with van der Waals surface area (Å²) in [5.41, 5.74) is 12.5. The van der Waals surface area contributed by atoms with Crippen molar-refractivity contribution >= 4 is 12.0 Å². The van der Waals surface area contributed by atoms with Gasteiger partial charge in [-0.05, 0) is 54.7 Å². The first-order valence-electron chi connectivity index (χ1n) is 12.4. The smallest absolute Gasteiger partial charge is 0.400 e. The van der Waals surface area contributed by atoms with E-state index in [1.807, 2.05) is 24.3 Å². The molecule has 2 amide bonds. The largest absolute Gasteiger partial charge is 0.424 e. The molecule has 4 rings (SSSR count). The molecule has 1 atom stereocenters. The quantitative estimate of drug-likeness (QED) is 0.459. The summed E-state index contributed by atoms with van der Waals surface area (Å²) >= 11 is 0. The van der Waals surface area contributed by atoms with Crippen molar-refractivity contribution in [3.05, 3.63) is 113 Å². The van der Waals surface area contributed by atoms with Gasteiger partial charge in [0.2, 0.25) is 5.75 Å². The fourth-order valence-electron chi connectivity index (χ4n) is 4.56. The van der Waals surface area contributed by atoms with Crippen LogP contribution < -0.4 is 16.2 Å². The van der Waals surface area contributed by atoms with Crippen LogP contribution in [0.3, 0.4) is 0 Å². The third-order valence-electron chi connectivity index (χ3n) is 6.56. The minimum absolute atomic E-state index is 0.00302. The van der Waals surface area contributed by atoms with Crippen molar-refractivity contribution in [2.45, 2.75) is 31.5 Å². The Labute approximate surface area is 232 Å². The molecule has 2 aromatic carbocycles. The van der Waals surface area contributed by atoms with E-state index in [0.717, 1.165) is 16.9 Å². The van der Waals surface area contributed by atoms with Crippen LogP contribution in [0.15, 0.2) is 77.8 Å². The van der Waals surface area contributed by atoms with Crippen LogP contribution in [-0.2, 0) is 11.0 Å². The van der Waals surface area contributed by atoms with Gasteiger partial charge in [0.15, 0.2) is 5.82 Å². The minimum Gasteiger partial charge on any atom is -0.400 e. The van der Waals surface area contributed by atoms with Crippen LogP contribution in [0.2, 0.25) is 0 Å². The van der Waals surface area contributed by atoms with Gasteiger partial charge in [-0.3, -0.25) is 9.69 Å². The van der Waals surface area contributed by atoms with Gasteiger partial charge in [0.25, 0.3) is 5.91 Å². The number of hydrogen-bond donors (Lipinski definition) is 2. The van der Waals surface area contributed by atoms with Crippen molar-refractivity contribution in [3.63, 3.8) is 0 Å². The molecule has 0 aromatic heterocycles. The Balaban J connectivity index is 1.56. The van der Waals surface area contributed by atoms with Crippen LogP contribution >= 0.6 is 0 Å². The number of allylic oxidation sites excluding steroid dienone is 3.